The maximum atomic E-state index is 13.3. The zero-order chi connectivity index (χ0) is 25.9. The van der Waals surface area contributed by atoms with Gasteiger partial charge in [-0.25, -0.2) is 0 Å². The number of rotatable bonds is 4. The molecule has 4 aliphatic rings. The molecule has 35 heavy (non-hydrogen) atoms. The predicted octanol–water partition coefficient (Wildman–Crippen LogP) is 8.10. The fraction of sp³-hybridized carbons (Fsp3) is 0.933. The van der Waals surface area contributed by atoms with Crippen molar-refractivity contribution < 1.29 is 19.4 Å². The van der Waals surface area contributed by atoms with Crippen LogP contribution in [-0.4, -0.2) is 37.3 Å². The zero-order valence-electron chi connectivity index (χ0n) is 23.8. The van der Waals surface area contributed by atoms with E-state index in [2.05, 4.69) is 13.8 Å². The summed E-state index contributed by atoms with van der Waals surface area (Å²) in [7, 11) is 1.48. The van der Waals surface area contributed by atoms with E-state index in [-0.39, 0.29) is 20.0 Å². The normalized spacial score (nSPS) is 34.5. The molecular weight excluding hydrogens is 435 g/mol. The summed E-state index contributed by atoms with van der Waals surface area (Å²) in [4.78, 5) is 24.8. The Hall–Kier alpha value is -0.835. The van der Waals surface area contributed by atoms with Crippen molar-refractivity contribution in [2.24, 2.45) is 29.1 Å². The van der Waals surface area contributed by atoms with Crippen LogP contribution in [0.5, 0.6) is 0 Å². The van der Waals surface area contributed by atoms with Gasteiger partial charge in [0, 0.05) is 18.9 Å². The highest BCUT2D eigenvalue weighted by Gasteiger charge is 2.62. The van der Waals surface area contributed by atoms with Crippen molar-refractivity contribution in [1.82, 2.24) is 0 Å². The highest BCUT2D eigenvalue weighted by Crippen LogP contribution is 2.68. The molecule has 0 spiro atoms. The topological polar surface area (TPSA) is 63.6 Å². The van der Waals surface area contributed by atoms with Gasteiger partial charge in [-0.1, -0.05) is 74.6 Å². The molecule has 6 atom stereocenters. The molecule has 6 unspecified atom stereocenters. The van der Waals surface area contributed by atoms with Crippen molar-refractivity contribution in [3.05, 3.63) is 0 Å². The first-order chi connectivity index (χ1) is 16.3. The summed E-state index contributed by atoms with van der Waals surface area (Å²) in [5, 5.41) is 7.99. The van der Waals surface area contributed by atoms with E-state index < -0.39 is 0 Å². The molecule has 0 amide bonds. The second-order valence-electron chi connectivity index (χ2n) is 11.0. The molecule has 0 aromatic carbocycles. The van der Waals surface area contributed by atoms with Gasteiger partial charge in [-0.15, -0.1) is 0 Å². The second kappa shape index (κ2) is 16.1. The molecule has 0 bridgehead atoms. The molecule has 1 N–H and O–H groups in total. The predicted molar refractivity (Wildman–Crippen MR) is 151 cm³/mol. The largest absolute Gasteiger partial charge is 0.469 e. The minimum absolute atomic E-state index is 0. The average molecular weight is 495 g/mol. The van der Waals surface area contributed by atoms with Crippen molar-refractivity contribution in [2.75, 3.05) is 13.7 Å². The number of fused-ring (bicyclic) bond motifs is 5. The first-order valence-electron chi connectivity index (χ1n) is 14.5. The first-order valence-corrected chi connectivity index (χ1v) is 14.5. The van der Waals surface area contributed by atoms with Crippen molar-refractivity contribution in [3.8, 4) is 0 Å². The highest BCUT2D eigenvalue weighted by molar-refractivity contribution is 6.66. The highest BCUT2D eigenvalue weighted by atomic mass is 16.5. The third kappa shape index (κ3) is 7.36. The summed E-state index contributed by atoms with van der Waals surface area (Å²) in [5.74, 6) is 2.75. The molecule has 2 aliphatic heterocycles. The number of ketones is 1. The number of hydrogen-bond acceptors (Lipinski definition) is 4. The SMILES string of the molecule is C.CC.CC.CCO.COC(=O)CCCC1CCC2C3C(=O)CB4CCCCC4(C)C3CCC12C. The maximum absolute atomic E-state index is 13.3. The number of Topliss-reactive ketones (excluding diaryl/α,β-unsaturated/α-hetero) is 1. The summed E-state index contributed by atoms with van der Waals surface area (Å²) >= 11 is 0. The van der Waals surface area contributed by atoms with Gasteiger partial charge in [0.15, 0.2) is 6.71 Å². The number of methoxy groups -OCH3 is 1. The maximum Gasteiger partial charge on any atom is 0.305 e. The van der Waals surface area contributed by atoms with Gasteiger partial charge in [0.25, 0.3) is 0 Å². The Labute approximate surface area is 218 Å². The van der Waals surface area contributed by atoms with E-state index in [9.17, 15) is 9.59 Å². The van der Waals surface area contributed by atoms with E-state index in [1.807, 2.05) is 27.7 Å². The number of carbonyl (C=O) groups excluding carboxylic acids is 2. The van der Waals surface area contributed by atoms with Crippen LogP contribution in [0, 0.1) is 29.1 Å². The number of hydrogen-bond donors (Lipinski definition) is 1. The molecular formula is C30H59BO4. The van der Waals surface area contributed by atoms with E-state index in [0.717, 1.165) is 19.2 Å². The average Bonchev–Trinajstić information content (AvgIpc) is 3.18. The molecule has 2 saturated heterocycles. The van der Waals surface area contributed by atoms with Gasteiger partial charge in [0.05, 0.1) is 7.11 Å². The Morgan fingerprint density at radius 3 is 2.29 bits per heavy atom. The molecule has 4 rings (SSSR count). The summed E-state index contributed by atoms with van der Waals surface area (Å²) in [6.45, 7) is 15.6. The Morgan fingerprint density at radius 2 is 1.69 bits per heavy atom. The molecule has 4 fully saturated rings. The van der Waals surface area contributed by atoms with Crippen LogP contribution in [0.3, 0.4) is 0 Å². The van der Waals surface area contributed by atoms with Crippen molar-refractivity contribution in [1.29, 1.82) is 0 Å². The fourth-order valence-electron chi connectivity index (χ4n) is 8.14. The van der Waals surface area contributed by atoms with Crippen LogP contribution in [0.4, 0.5) is 0 Å². The lowest BCUT2D eigenvalue weighted by molar-refractivity contribution is -0.140. The molecule has 206 valence electrons. The van der Waals surface area contributed by atoms with E-state index >= 15 is 0 Å². The smallest absolute Gasteiger partial charge is 0.305 e. The van der Waals surface area contributed by atoms with Crippen molar-refractivity contribution in [2.45, 2.75) is 138 Å². The van der Waals surface area contributed by atoms with Gasteiger partial charge in [-0.2, -0.15) is 0 Å². The van der Waals surface area contributed by atoms with E-state index in [1.54, 1.807) is 6.92 Å². The van der Waals surface area contributed by atoms with Crippen LogP contribution in [0.15, 0.2) is 0 Å². The van der Waals surface area contributed by atoms with Gasteiger partial charge in [0.1, 0.15) is 5.78 Å². The van der Waals surface area contributed by atoms with Crippen LogP contribution >= 0.6 is 0 Å². The summed E-state index contributed by atoms with van der Waals surface area (Å²) < 4.78 is 4.81. The zero-order valence-corrected chi connectivity index (χ0v) is 23.8. The van der Waals surface area contributed by atoms with Gasteiger partial charge >= 0.3 is 5.97 Å². The molecule has 0 aromatic rings. The lowest BCUT2D eigenvalue weighted by atomic mass is 9.20. The molecule has 2 aliphatic carbocycles. The molecule has 0 radical (unpaired) electrons. The number of aliphatic hydroxyl groups is 1. The van der Waals surface area contributed by atoms with Gasteiger partial charge in [-0.3, -0.25) is 4.79 Å². The molecule has 4 nitrogen and oxygen atoms in total. The van der Waals surface area contributed by atoms with Gasteiger partial charge < -0.3 is 14.6 Å². The van der Waals surface area contributed by atoms with E-state index in [1.165, 1.54) is 58.4 Å². The minimum atomic E-state index is -0.0860. The van der Waals surface area contributed by atoms with Gasteiger partial charge in [0.2, 0.25) is 0 Å². The van der Waals surface area contributed by atoms with Crippen LogP contribution in [0.1, 0.15) is 120 Å². The number of aliphatic hydroxyl groups excluding tert-OH is 1. The number of carbonyl (C=O) groups is 2. The van der Waals surface area contributed by atoms with Gasteiger partial charge in [-0.05, 0) is 80.3 Å². The Bertz CT molecular complexity index is 623. The minimum Gasteiger partial charge on any atom is -0.469 e. The van der Waals surface area contributed by atoms with Crippen LogP contribution in [0.2, 0.25) is 18.0 Å². The van der Waals surface area contributed by atoms with E-state index in [4.69, 9.17) is 9.84 Å². The third-order valence-electron chi connectivity index (χ3n) is 9.75. The molecule has 2 saturated carbocycles. The molecule has 5 heteroatoms. The van der Waals surface area contributed by atoms with Crippen LogP contribution < -0.4 is 0 Å². The Morgan fingerprint density at radius 1 is 1.06 bits per heavy atom. The summed E-state index contributed by atoms with van der Waals surface area (Å²) in [6.07, 6.45) is 13.8. The molecule has 2 heterocycles. The second-order valence-corrected chi connectivity index (χ2v) is 11.0. The van der Waals surface area contributed by atoms with Crippen molar-refractivity contribution in [3.63, 3.8) is 0 Å². The van der Waals surface area contributed by atoms with Crippen LogP contribution in [-0.2, 0) is 14.3 Å². The summed E-state index contributed by atoms with van der Waals surface area (Å²) in [6, 6.07) is 0. The quantitative estimate of drug-likeness (QED) is 0.317. The lowest BCUT2D eigenvalue weighted by Crippen LogP contribution is -2.56. The fourth-order valence-corrected chi connectivity index (χ4v) is 8.14. The number of ether oxygens (including phenoxy) is 1. The third-order valence-corrected chi connectivity index (χ3v) is 9.75. The van der Waals surface area contributed by atoms with Crippen LogP contribution in [0.25, 0.3) is 0 Å². The summed E-state index contributed by atoms with van der Waals surface area (Å²) in [5.41, 5.74) is 0.310. The monoisotopic (exact) mass is 494 g/mol. The Balaban J connectivity index is 0.00000132. The Kier molecular flexibility index (Phi) is 15.7. The molecule has 0 aromatic heterocycles. The number of esters is 1. The standard InChI is InChI=1S/C23H37BO3.C2H6O.2C2H6.CH4/c1-22-13-11-18-21(19(25)15-24-14-5-4-12-23(18,24)2)17(22)10-9-16(22)7-6-8-20(26)27-3;1-2-3;2*1-2;/h16-18,21H,4-15H2,1-3H3;3H,2H2,1H3;2*1-2H3;1H4. The van der Waals surface area contributed by atoms with E-state index in [0.29, 0.717) is 53.3 Å². The van der Waals surface area contributed by atoms with Crippen molar-refractivity contribution >= 4 is 18.5 Å². The lowest BCUT2D eigenvalue weighted by Gasteiger charge is -2.59. The first kappa shape index (κ1) is 34.2.